The van der Waals surface area contributed by atoms with Crippen LogP contribution in [0.3, 0.4) is 0 Å². The summed E-state index contributed by atoms with van der Waals surface area (Å²) in [5, 5.41) is 13.3. The first kappa shape index (κ1) is 26.4. The second-order valence-electron chi connectivity index (χ2n) is 10.6. The SMILES string of the molecule is O=C(Nc1ccc2c(c1)c(Cc1ccc(C(=O)O)cc1)cn2C(c1ccccc1)c1ccccc1)OC1CCCC1. The van der Waals surface area contributed by atoms with E-state index in [0.29, 0.717) is 12.1 Å². The van der Waals surface area contributed by atoms with Crippen molar-refractivity contribution in [1.29, 1.82) is 0 Å². The number of benzene rings is 4. The highest BCUT2D eigenvalue weighted by atomic mass is 16.6. The lowest BCUT2D eigenvalue weighted by Crippen LogP contribution is -2.20. The Morgan fingerprint density at radius 3 is 2.10 bits per heavy atom. The Balaban J connectivity index is 1.42. The molecule has 5 aromatic rings. The number of carboxylic acid groups (broad SMARTS) is 1. The zero-order valence-corrected chi connectivity index (χ0v) is 22.7. The summed E-state index contributed by atoms with van der Waals surface area (Å²) in [7, 11) is 0. The summed E-state index contributed by atoms with van der Waals surface area (Å²) >= 11 is 0. The number of carbonyl (C=O) groups is 2. The number of amides is 1. The molecular formula is C35H32N2O4. The third-order valence-electron chi connectivity index (χ3n) is 7.84. The fourth-order valence-electron chi connectivity index (χ4n) is 5.83. The van der Waals surface area contributed by atoms with Crippen LogP contribution in [0, 0.1) is 0 Å². The number of carboxylic acids is 1. The maximum absolute atomic E-state index is 12.7. The van der Waals surface area contributed by atoms with Gasteiger partial charge in [-0.15, -0.1) is 0 Å². The van der Waals surface area contributed by atoms with Crippen molar-refractivity contribution in [3.8, 4) is 0 Å². The van der Waals surface area contributed by atoms with Gasteiger partial charge in [-0.05, 0) is 84.7 Å². The van der Waals surface area contributed by atoms with Crippen LogP contribution < -0.4 is 5.32 Å². The quantitative estimate of drug-likeness (QED) is 0.207. The minimum absolute atomic E-state index is 0.0124. The topological polar surface area (TPSA) is 80.6 Å². The molecule has 1 aliphatic carbocycles. The molecule has 0 saturated heterocycles. The molecule has 6 rings (SSSR count). The van der Waals surface area contributed by atoms with Crippen molar-refractivity contribution in [2.24, 2.45) is 0 Å². The minimum Gasteiger partial charge on any atom is -0.478 e. The molecule has 0 atom stereocenters. The number of ether oxygens (including phenoxy) is 1. The lowest BCUT2D eigenvalue weighted by Gasteiger charge is -2.21. The van der Waals surface area contributed by atoms with Crippen molar-refractivity contribution >= 4 is 28.7 Å². The summed E-state index contributed by atoms with van der Waals surface area (Å²) in [5.74, 6) is -0.943. The Morgan fingerprint density at radius 2 is 1.49 bits per heavy atom. The van der Waals surface area contributed by atoms with Crippen LogP contribution in [-0.4, -0.2) is 27.8 Å². The van der Waals surface area contributed by atoms with Crippen molar-refractivity contribution in [2.75, 3.05) is 5.32 Å². The maximum Gasteiger partial charge on any atom is 0.411 e. The molecule has 6 nitrogen and oxygen atoms in total. The second kappa shape index (κ2) is 11.7. The Morgan fingerprint density at radius 1 is 0.854 bits per heavy atom. The number of nitrogens with one attached hydrogen (secondary N) is 1. The largest absolute Gasteiger partial charge is 0.478 e. The average Bonchev–Trinajstić information content (AvgIpc) is 3.62. The van der Waals surface area contributed by atoms with E-state index in [1.165, 1.54) is 0 Å². The number of aromatic nitrogens is 1. The van der Waals surface area contributed by atoms with Gasteiger partial charge < -0.3 is 14.4 Å². The highest BCUT2D eigenvalue weighted by Crippen LogP contribution is 2.35. The molecule has 41 heavy (non-hydrogen) atoms. The Labute approximate surface area is 239 Å². The van der Waals surface area contributed by atoms with E-state index in [9.17, 15) is 14.7 Å². The van der Waals surface area contributed by atoms with Crippen LogP contribution in [0.4, 0.5) is 10.5 Å². The second-order valence-corrected chi connectivity index (χ2v) is 10.6. The maximum atomic E-state index is 12.7. The van der Waals surface area contributed by atoms with Gasteiger partial charge >= 0.3 is 12.1 Å². The summed E-state index contributed by atoms with van der Waals surface area (Å²) in [6.45, 7) is 0. The number of hydrogen-bond acceptors (Lipinski definition) is 3. The third kappa shape index (κ3) is 5.87. The van der Waals surface area contributed by atoms with Gasteiger partial charge in [0.05, 0.1) is 11.6 Å². The van der Waals surface area contributed by atoms with E-state index >= 15 is 0 Å². The standard InChI is InChI=1S/C35H32N2O4/c38-34(39)27-17-15-24(16-18-27)21-28-23-37(33(25-9-3-1-4-10-25)26-11-5-2-6-12-26)32-20-19-29(22-31(28)32)36-35(40)41-30-13-7-8-14-30/h1-6,9-12,15-20,22-23,30,33H,7-8,13-14,21H2,(H,36,40)(H,38,39). The van der Waals surface area contributed by atoms with E-state index in [1.54, 1.807) is 12.1 Å². The Kier molecular flexibility index (Phi) is 7.54. The summed E-state index contributed by atoms with van der Waals surface area (Å²) in [4.78, 5) is 24.0. The van der Waals surface area contributed by atoms with Gasteiger partial charge in [0.2, 0.25) is 0 Å². The van der Waals surface area contributed by atoms with Crippen LogP contribution in [-0.2, 0) is 11.2 Å². The zero-order valence-electron chi connectivity index (χ0n) is 22.7. The number of anilines is 1. The number of aromatic carboxylic acids is 1. The van der Waals surface area contributed by atoms with E-state index in [1.807, 2.05) is 36.4 Å². The molecule has 0 bridgehead atoms. The first-order valence-corrected chi connectivity index (χ1v) is 14.1. The molecule has 1 aromatic heterocycles. The van der Waals surface area contributed by atoms with Gasteiger partial charge in [0.15, 0.2) is 0 Å². The molecule has 1 aliphatic rings. The number of fused-ring (bicyclic) bond motifs is 1. The van der Waals surface area contributed by atoms with Gasteiger partial charge in [0.25, 0.3) is 0 Å². The normalized spacial score (nSPS) is 13.5. The first-order chi connectivity index (χ1) is 20.0. The average molecular weight is 545 g/mol. The van der Waals surface area contributed by atoms with Crippen LogP contribution in [0.5, 0.6) is 0 Å². The first-order valence-electron chi connectivity index (χ1n) is 14.1. The van der Waals surface area contributed by atoms with E-state index in [0.717, 1.165) is 58.8 Å². The molecule has 6 heteroatoms. The monoisotopic (exact) mass is 544 g/mol. The predicted octanol–water partition coefficient (Wildman–Crippen LogP) is 8.06. The molecule has 1 fully saturated rings. The molecule has 4 aromatic carbocycles. The van der Waals surface area contributed by atoms with Crippen molar-refractivity contribution in [3.63, 3.8) is 0 Å². The zero-order chi connectivity index (χ0) is 28.2. The summed E-state index contributed by atoms with van der Waals surface area (Å²) in [5.41, 5.74) is 6.38. The lowest BCUT2D eigenvalue weighted by molar-refractivity contribution is 0.0696. The van der Waals surface area contributed by atoms with Gasteiger partial charge in [-0.3, -0.25) is 5.32 Å². The van der Waals surface area contributed by atoms with Crippen molar-refractivity contribution in [1.82, 2.24) is 4.57 Å². The number of carbonyl (C=O) groups excluding carboxylic acids is 1. The molecule has 1 saturated carbocycles. The van der Waals surface area contributed by atoms with Crippen molar-refractivity contribution < 1.29 is 19.4 Å². The Bertz CT molecular complexity index is 1610. The van der Waals surface area contributed by atoms with E-state index in [4.69, 9.17) is 4.74 Å². The number of rotatable bonds is 8. The van der Waals surface area contributed by atoms with Gasteiger partial charge in [-0.2, -0.15) is 0 Å². The van der Waals surface area contributed by atoms with Crippen LogP contribution in [0.25, 0.3) is 10.9 Å². The molecule has 0 spiro atoms. The van der Waals surface area contributed by atoms with Crippen LogP contribution in [0.1, 0.15) is 64.3 Å². The molecule has 0 aliphatic heterocycles. The molecule has 1 heterocycles. The molecule has 1 amide bonds. The van der Waals surface area contributed by atoms with E-state index in [-0.39, 0.29) is 17.7 Å². The van der Waals surface area contributed by atoms with Crippen LogP contribution >= 0.6 is 0 Å². The van der Waals surface area contributed by atoms with Crippen molar-refractivity contribution in [2.45, 2.75) is 44.2 Å². The lowest BCUT2D eigenvalue weighted by atomic mass is 9.98. The number of nitrogens with zero attached hydrogens (tertiary/aromatic N) is 1. The van der Waals surface area contributed by atoms with Gasteiger partial charge in [0.1, 0.15) is 6.10 Å². The fourth-order valence-corrected chi connectivity index (χ4v) is 5.83. The predicted molar refractivity (Wildman–Crippen MR) is 161 cm³/mol. The molecule has 206 valence electrons. The number of hydrogen-bond donors (Lipinski definition) is 2. The van der Waals surface area contributed by atoms with Crippen molar-refractivity contribution in [3.05, 3.63) is 137 Å². The molecular weight excluding hydrogens is 512 g/mol. The van der Waals surface area contributed by atoms with Crippen LogP contribution in [0.2, 0.25) is 0 Å². The van der Waals surface area contributed by atoms with E-state index < -0.39 is 12.1 Å². The van der Waals surface area contributed by atoms with Gasteiger partial charge in [-0.25, -0.2) is 9.59 Å². The summed E-state index contributed by atoms with van der Waals surface area (Å²) in [6, 6.07) is 33.8. The Hall–Kier alpha value is -4.84. The third-order valence-corrected chi connectivity index (χ3v) is 7.84. The van der Waals surface area contributed by atoms with Gasteiger partial charge in [0, 0.05) is 22.8 Å². The highest BCUT2D eigenvalue weighted by molar-refractivity contribution is 5.92. The molecule has 2 N–H and O–H groups in total. The smallest absolute Gasteiger partial charge is 0.411 e. The molecule has 0 unspecified atom stereocenters. The van der Waals surface area contributed by atoms with E-state index in [2.05, 4.69) is 70.7 Å². The highest BCUT2D eigenvalue weighted by Gasteiger charge is 2.22. The summed E-state index contributed by atoms with van der Waals surface area (Å²) < 4.78 is 7.93. The fraction of sp³-hybridized carbons (Fsp3) is 0.200. The van der Waals surface area contributed by atoms with Crippen LogP contribution in [0.15, 0.2) is 109 Å². The molecule has 0 radical (unpaired) electrons. The minimum atomic E-state index is -0.943. The van der Waals surface area contributed by atoms with Gasteiger partial charge in [-0.1, -0.05) is 72.8 Å². The summed E-state index contributed by atoms with van der Waals surface area (Å²) in [6.07, 6.45) is 6.38.